The third kappa shape index (κ3) is 3.34. The highest BCUT2D eigenvalue weighted by Crippen LogP contribution is 2.27. The van der Waals surface area contributed by atoms with Crippen LogP contribution in [0, 0.1) is 6.92 Å². The van der Waals surface area contributed by atoms with Crippen LogP contribution in [-0.4, -0.2) is 16.7 Å². The molecule has 0 aliphatic heterocycles. The van der Waals surface area contributed by atoms with Crippen LogP contribution in [0.2, 0.25) is 0 Å². The van der Waals surface area contributed by atoms with Crippen LogP contribution in [0.1, 0.15) is 16.8 Å². The molecule has 0 aliphatic rings. The van der Waals surface area contributed by atoms with E-state index in [9.17, 15) is 4.79 Å². The molecule has 4 aromatic rings. The first-order valence-corrected chi connectivity index (χ1v) is 9.87. The van der Waals surface area contributed by atoms with Crippen LogP contribution < -0.4 is 5.43 Å². The number of carbonyl (C=O) groups excluding carboxylic acids is 1. The van der Waals surface area contributed by atoms with Gasteiger partial charge in [-0.05, 0) is 35.4 Å². The predicted molar refractivity (Wildman–Crippen MR) is 119 cm³/mol. The van der Waals surface area contributed by atoms with Gasteiger partial charge in [0.05, 0.1) is 12.6 Å². The Balaban J connectivity index is 1.53. The number of hydrogen-bond acceptors (Lipinski definition) is 2. The van der Waals surface area contributed by atoms with Gasteiger partial charge in [-0.1, -0.05) is 64.5 Å². The number of aryl methyl sites for hydroxylation is 1. The summed E-state index contributed by atoms with van der Waals surface area (Å²) in [5, 5.41) is 7.51. The molecular weight excluding hydrogens is 414 g/mol. The summed E-state index contributed by atoms with van der Waals surface area (Å²) < 4.78 is 3.16. The Bertz CT molecular complexity index is 1220. The number of nitrogens with zero attached hydrogens (tertiary/aromatic N) is 2. The molecule has 1 aromatic heterocycles. The van der Waals surface area contributed by atoms with Crippen molar-refractivity contribution in [1.82, 2.24) is 9.99 Å². The van der Waals surface area contributed by atoms with Gasteiger partial charge in [-0.15, -0.1) is 0 Å². The zero-order valence-electron chi connectivity index (χ0n) is 15.7. The van der Waals surface area contributed by atoms with Gasteiger partial charge in [-0.3, -0.25) is 4.79 Å². The van der Waals surface area contributed by atoms with Crippen molar-refractivity contribution in [3.05, 3.63) is 82.0 Å². The molecule has 28 heavy (non-hydrogen) atoms. The lowest BCUT2D eigenvalue weighted by molar-refractivity contribution is -0.120. The topological polar surface area (TPSA) is 46.4 Å². The molecular formula is C23H20BrN3O. The van der Waals surface area contributed by atoms with Crippen LogP contribution in [0.3, 0.4) is 0 Å². The predicted octanol–water partition coefficient (Wildman–Crippen LogP) is 5.10. The Labute approximate surface area is 172 Å². The van der Waals surface area contributed by atoms with E-state index < -0.39 is 0 Å². The molecule has 4 nitrogen and oxygen atoms in total. The molecule has 0 saturated carbocycles. The maximum Gasteiger partial charge on any atom is 0.244 e. The summed E-state index contributed by atoms with van der Waals surface area (Å²) in [6, 6.07) is 20.2. The van der Waals surface area contributed by atoms with Gasteiger partial charge in [0.15, 0.2) is 0 Å². The number of aromatic nitrogens is 1. The second kappa shape index (κ2) is 7.60. The van der Waals surface area contributed by atoms with Gasteiger partial charge < -0.3 is 4.57 Å². The zero-order chi connectivity index (χ0) is 19.7. The van der Waals surface area contributed by atoms with Crippen molar-refractivity contribution >= 4 is 49.7 Å². The normalized spacial score (nSPS) is 11.5. The first kappa shape index (κ1) is 18.4. The number of amides is 1. The Morgan fingerprint density at radius 1 is 1.04 bits per heavy atom. The number of hydrogen-bond donors (Lipinski definition) is 1. The van der Waals surface area contributed by atoms with Gasteiger partial charge in [0.2, 0.25) is 5.91 Å². The summed E-state index contributed by atoms with van der Waals surface area (Å²) in [4.78, 5) is 12.4. The fourth-order valence-electron chi connectivity index (χ4n) is 3.57. The number of hydrazone groups is 1. The fourth-order valence-corrected chi connectivity index (χ4v) is 4.05. The lowest BCUT2D eigenvalue weighted by atomic mass is 10.0. The second-order valence-corrected chi connectivity index (χ2v) is 7.65. The van der Waals surface area contributed by atoms with Crippen LogP contribution in [-0.2, 0) is 18.3 Å². The molecule has 1 heterocycles. The summed E-state index contributed by atoms with van der Waals surface area (Å²) in [5.74, 6) is -0.137. The molecule has 3 aromatic carbocycles. The number of fused-ring (bicyclic) bond motifs is 2. The molecule has 0 spiro atoms. The average molecular weight is 434 g/mol. The Morgan fingerprint density at radius 3 is 2.50 bits per heavy atom. The standard InChI is InChI=1S/C23H20BrN3O/c1-15-20(19-9-5-6-10-22(19)27(15)2)14-25-26-23(28)13-16-11-12-21(24)18-8-4-3-7-17(16)18/h3-12,14H,13H2,1-2H3,(H,26,28)/b25-14+. The summed E-state index contributed by atoms with van der Waals surface area (Å²) in [6.07, 6.45) is 2.01. The first-order chi connectivity index (χ1) is 13.6. The highest BCUT2D eigenvalue weighted by molar-refractivity contribution is 9.10. The number of halogens is 1. The number of rotatable bonds is 4. The van der Waals surface area contributed by atoms with Gasteiger partial charge >= 0.3 is 0 Å². The molecule has 0 fully saturated rings. The minimum Gasteiger partial charge on any atom is -0.347 e. The lowest BCUT2D eigenvalue weighted by Gasteiger charge is -2.07. The van der Waals surface area contributed by atoms with Gasteiger partial charge in [-0.2, -0.15) is 5.10 Å². The Hall–Kier alpha value is -2.92. The van der Waals surface area contributed by atoms with Crippen LogP contribution in [0.4, 0.5) is 0 Å². The highest BCUT2D eigenvalue weighted by Gasteiger charge is 2.10. The number of benzene rings is 3. The molecule has 5 heteroatoms. The summed E-state index contributed by atoms with van der Waals surface area (Å²) in [6.45, 7) is 2.05. The Kier molecular flexibility index (Phi) is 5.01. The van der Waals surface area contributed by atoms with Crippen molar-refractivity contribution < 1.29 is 4.79 Å². The van der Waals surface area contributed by atoms with Crippen molar-refractivity contribution in [2.24, 2.45) is 12.1 Å². The molecule has 0 atom stereocenters. The molecule has 0 unspecified atom stereocenters. The van der Waals surface area contributed by atoms with E-state index in [2.05, 4.69) is 50.1 Å². The van der Waals surface area contributed by atoms with Crippen molar-refractivity contribution in [3.63, 3.8) is 0 Å². The maximum atomic E-state index is 12.4. The van der Waals surface area contributed by atoms with E-state index in [0.29, 0.717) is 0 Å². The van der Waals surface area contributed by atoms with E-state index in [4.69, 9.17) is 0 Å². The van der Waals surface area contributed by atoms with Gasteiger partial charge in [0.25, 0.3) is 0 Å². The maximum absolute atomic E-state index is 12.4. The van der Waals surface area contributed by atoms with Gasteiger partial charge in [0, 0.05) is 33.7 Å². The van der Waals surface area contributed by atoms with Crippen LogP contribution in [0.5, 0.6) is 0 Å². The number of nitrogens with one attached hydrogen (secondary N) is 1. The lowest BCUT2D eigenvalue weighted by Crippen LogP contribution is -2.20. The van der Waals surface area contributed by atoms with E-state index in [0.717, 1.165) is 43.0 Å². The van der Waals surface area contributed by atoms with E-state index in [1.807, 2.05) is 55.6 Å². The van der Waals surface area contributed by atoms with Crippen molar-refractivity contribution in [1.29, 1.82) is 0 Å². The molecule has 4 rings (SSSR count). The van der Waals surface area contributed by atoms with Crippen molar-refractivity contribution in [2.75, 3.05) is 0 Å². The molecule has 140 valence electrons. The number of para-hydroxylation sites is 1. The van der Waals surface area contributed by atoms with E-state index in [1.165, 1.54) is 0 Å². The smallest absolute Gasteiger partial charge is 0.244 e. The minimum atomic E-state index is -0.137. The van der Waals surface area contributed by atoms with Gasteiger partial charge in [0.1, 0.15) is 0 Å². The van der Waals surface area contributed by atoms with Crippen LogP contribution >= 0.6 is 15.9 Å². The van der Waals surface area contributed by atoms with Crippen LogP contribution in [0.15, 0.2) is 70.2 Å². The third-order valence-electron chi connectivity index (χ3n) is 5.14. The highest BCUT2D eigenvalue weighted by atomic mass is 79.9. The molecule has 0 bridgehead atoms. The fraction of sp³-hybridized carbons (Fsp3) is 0.130. The monoisotopic (exact) mass is 433 g/mol. The van der Waals surface area contributed by atoms with Crippen molar-refractivity contribution in [3.8, 4) is 0 Å². The summed E-state index contributed by atoms with van der Waals surface area (Å²) >= 11 is 3.57. The van der Waals surface area contributed by atoms with Crippen molar-refractivity contribution in [2.45, 2.75) is 13.3 Å². The molecule has 1 N–H and O–H groups in total. The van der Waals surface area contributed by atoms with Crippen LogP contribution in [0.25, 0.3) is 21.7 Å². The van der Waals surface area contributed by atoms with E-state index in [-0.39, 0.29) is 12.3 Å². The summed E-state index contributed by atoms with van der Waals surface area (Å²) in [5.41, 5.74) is 6.93. The van der Waals surface area contributed by atoms with Gasteiger partial charge in [-0.25, -0.2) is 5.43 Å². The second-order valence-electron chi connectivity index (χ2n) is 6.80. The molecule has 1 amide bonds. The zero-order valence-corrected chi connectivity index (χ0v) is 17.3. The molecule has 0 aliphatic carbocycles. The molecule has 0 radical (unpaired) electrons. The van der Waals surface area contributed by atoms with E-state index in [1.54, 1.807) is 6.21 Å². The SMILES string of the molecule is Cc1c(/C=N/NC(=O)Cc2ccc(Br)c3ccccc23)c2ccccc2n1C. The Morgan fingerprint density at radius 2 is 1.71 bits per heavy atom. The van der Waals surface area contributed by atoms with E-state index >= 15 is 0 Å². The first-order valence-electron chi connectivity index (χ1n) is 9.08. The largest absolute Gasteiger partial charge is 0.347 e. The number of carbonyl (C=O) groups is 1. The minimum absolute atomic E-state index is 0.137. The third-order valence-corrected chi connectivity index (χ3v) is 5.84. The summed E-state index contributed by atoms with van der Waals surface area (Å²) in [7, 11) is 2.03. The molecule has 0 saturated heterocycles. The average Bonchev–Trinajstić information content (AvgIpc) is 2.95. The quantitative estimate of drug-likeness (QED) is 0.353.